The van der Waals surface area contributed by atoms with Crippen molar-refractivity contribution in [3.05, 3.63) is 12.4 Å². The molecule has 1 heterocycles. The van der Waals surface area contributed by atoms with Crippen molar-refractivity contribution in [3.8, 4) is 0 Å². The topological polar surface area (TPSA) is 43.8 Å². The fraction of sp³-hybridized carbons (Fsp3) is 0.571. The van der Waals surface area contributed by atoms with Crippen LogP contribution < -0.4 is 5.73 Å². The van der Waals surface area contributed by atoms with Crippen LogP contribution in [0, 0.1) is 0 Å². The van der Waals surface area contributed by atoms with Gasteiger partial charge in [-0.25, -0.2) is 4.98 Å². The van der Waals surface area contributed by atoms with Crippen molar-refractivity contribution in [2.75, 3.05) is 6.54 Å². The number of imidazole rings is 1. The zero-order valence-corrected chi connectivity index (χ0v) is 7.64. The molecule has 0 fully saturated rings. The normalized spacial score (nSPS) is 13.4. The van der Waals surface area contributed by atoms with Crippen LogP contribution in [0.3, 0.4) is 0 Å². The molecule has 11 heavy (non-hydrogen) atoms. The lowest BCUT2D eigenvalue weighted by atomic mass is 10.5. The summed E-state index contributed by atoms with van der Waals surface area (Å²) >= 11 is 1.70. The Morgan fingerprint density at radius 2 is 2.55 bits per heavy atom. The predicted octanol–water partition coefficient (Wildman–Crippen LogP) is 0.859. The molecule has 0 spiro atoms. The average Bonchev–Trinajstić information content (AvgIpc) is 2.37. The van der Waals surface area contributed by atoms with Gasteiger partial charge < -0.3 is 10.3 Å². The highest BCUT2D eigenvalue weighted by atomic mass is 32.2. The first-order valence-electron chi connectivity index (χ1n) is 3.58. The van der Waals surface area contributed by atoms with Crippen molar-refractivity contribution in [2.24, 2.45) is 12.8 Å². The lowest BCUT2D eigenvalue weighted by molar-refractivity contribution is 0.784. The van der Waals surface area contributed by atoms with E-state index in [2.05, 4.69) is 11.9 Å². The van der Waals surface area contributed by atoms with Crippen molar-refractivity contribution in [3.63, 3.8) is 0 Å². The summed E-state index contributed by atoms with van der Waals surface area (Å²) in [6, 6.07) is 0. The van der Waals surface area contributed by atoms with E-state index in [-0.39, 0.29) is 0 Å². The minimum atomic E-state index is 0.441. The molecule has 0 amide bonds. The molecular formula is C7H13N3S. The predicted molar refractivity (Wildman–Crippen MR) is 47.6 cm³/mol. The van der Waals surface area contributed by atoms with Gasteiger partial charge in [0.05, 0.1) is 0 Å². The molecule has 0 radical (unpaired) electrons. The highest BCUT2D eigenvalue weighted by Crippen LogP contribution is 2.19. The van der Waals surface area contributed by atoms with Crippen LogP contribution in [0.25, 0.3) is 0 Å². The largest absolute Gasteiger partial charge is 0.329 e. The number of nitrogens with two attached hydrogens (primary N) is 1. The molecule has 2 N–H and O–H groups in total. The van der Waals surface area contributed by atoms with Crippen LogP contribution in [-0.4, -0.2) is 21.3 Å². The van der Waals surface area contributed by atoms with E-state index in [0.717, 1.165) is 5.16 Å². The minimum Gasteiger partial charge on any atom is -0.329 e. The molecule has 1 atom stereocenters. The highest BCUT2D eigenvalue weighted by Gasteiger charge is 2.04. The molecule has 3 nitrogen and oxygen atoms in total. The molecule has 0 aliphatic rings. The third-order valence-electron chi connectivity index (χ3n) is 1.42. The summed E-state index contributed by atoms with van der Waals surface area (Å²) in [5, 5.41) is 1.47. The Balaban J connectivity index is 2.56. The lowest BCUT2D eigenvalue weighted by Gasteiger charge is -2.06. The summed E-state index contributed by atoms with van der Waals surface area (Å²) in [5.74, 6) is 0. The van der Waals surface area contributed by atoms with Gasteiger partial charge in [-0.05, 0) is 0 Å². The third-order valence-corrected chi connectivity index (χ3v) is 2.61. The van der Waals surface area contributed by atoms with E-state index < -0.39 is 0 Å². The maximum atomic E-state index is 5.48. The van der Waals surface area contributed by atoms with E-state index in [1.54, 1.807) is 18.0 Å². The first-order chi connectivity index (χ1) is 5.24. The van der Waals surface area contributed by atoms with E-state index in [1.165, 1.54) is 0 Å². The van der Waals surface area contributed by atoms with Crippen LogP contribution in [0.5, 0.6) is 0 Å². The van der Waals surface area contributed by atoms with E-state index >= 15 is 0 Å². The standard InChI is InChI=1S/C7H13N3S/c1-6(5-8)11-7-9-3-4-10(7)2/h3-4,6H,5,8H2,1-2H3. The van der Waals surface area contributed by atoms with Crippen molar-refractivity contribution < 1.29 is 0 Å². The second-order valence-corrected chi connectivity index (χ2v) is 3.89. The van der Waals surface area contributed by atoms with Crippen molar-refractivity contribution in [1.82, 2.24) is 9.55 Å². The van der Waals surface area contributed by atoms with Gasteiger partial charge in [0.1, 0.15) is 0 Å². The smallest absolute Gasteiger partial charge is 0.167 e. The fourth-order valence-corrected chi connectivity index (χ4v) is 1.50. The van der Waals surface area contributed by atoms with E-state index in [4.69, 9.17) is 5.73 Å². The zero-order chi connectivity index (χ0) is 8.27. The first kappa shape index (κ1) is 8.62. The SMILES string of the molecule is CC(CN)Sc1nccn1C. The first-order valence-corrected chi connectivity index (χ1v) is 4.46. The average molecular weight is 171 g/mol. The highest BCUT2D eigenvalue weighted by molar-refractivity contribution is 7.99. The summed E-state index contributed by atoms with van der Waals surface area (Å²) in [5.41, 5.74) is 5.48. The van der Waals surface area contributed by atoms with Gasteiger partial charge in [0.2, 0.25) is 0 Å². The number of hydrogen-bond acceptors (Lipinski definition) is 3. The van der Waals surface area contributed by atoms with Crippen molar-refractivity contribution >= 4 is 11.8 Å². The molecular weight excluding hydrogens is 158 g/mol. The molecule has 0 saturated carbocycles. The maximum Gasteiger partial charge on any atom is 0.167 e. The van der Waals surface area contributed by atoms with Crippen molar-refractivity contribution in [1.29, 1.82) is 0 Å². The molecule has 0 aliphatic carbocycles. The van der Waals surface area contributed by atoms with Gasteiger partial charge in [-0.3, -0.25) is 0 Å². The van der Waals surface area contributed by atoms with Gasteiger partial charge in [-0.1, -0.05) is 18.7 Å². The van der Waals surface area contributed by atoms with Gasteiger partial charge >= 0.3 is 0 Å². The number of hydrogen-bond donors (Lipinski definition) is 1. The number of aryl methyl sites for hydroxylation is 1. The molecule has 1 rings (SSSR count). The summed E-state index contributed by atoms with van der Waals surface area (Å²) < 4.78 is 2.00. The Hall–Kier alpha value is -0.480. The molecule has 62 valence electrons. The molecule has 0 saturated heterocycles. The van der Waals surface area contributed by atoms with Gasteiger partial charge in [-0.15, -0.1) is 0 Å². The van der Waals surface area contributed by atoms with E-state index in [1.807, 2.05) is 17.8 Å². The van der Waals surface area contributed by atoms with E-state index in [9.17, 15) is 0 Å². The number of rotatable bonds is 3. The Bertz CT molecular complexity index is 221. The second-order valence-electron chi connectivity index (χ2n) is 2.48. The summed E-state index contributed by atoms with van der Waals surface area (Å²) in [7, 11) is 1.98. The number of thioether (sulfide) groups is 1. The monoisotopic (exact) mass is 171 g/mol. The Kier molecular flexibility index (Phi) is 2.96. The zero-order valence-electron chi connectivity index (χ0n) is 6.82. The summed E-state index contributed by atoms with van der Waals surface area (Å²) in [6.45, 7) is 2.79. The van der Waals surface area contributed by atoms with Gasteiger partial charge in [-0.2, -0.15) is 0 Å². The third kappa shape index (κ3) is 2.24. The molecule has 0 aliphatic heterocycles. The molecule has 1 aromatic heterocycles. The van der Waals surface area contributed by atoms with Gasteiger partial charge in [0.15, 0.2) is 5.16 Å². The maximum absolute atomic E-state index is 5.48. The molecule has 4 heteroatoms. The fourth-order valence-electron chi connectivity index (χ4n) is 0.694. The number of aromatic nitrogens is 2. The minimum absolute atomic E-state index is 0.441. The molecule has 1 aromatic rings. The Labute approximate surface area is 71.0 Å². The van der Waals surface area contributed by atoms with Gasteiger partial charge in [0, 0.05) is 31.2 Å². The number of nitrogens with zero attached hydrogens (tertiary/aromatic N) is 2. The van der Waals surface area contributed by atoms with Gasteiger partial charge in [0.25, 0.3) is 0 Å². The quantitative estimate of drug-likeness (QED) is 0.686. The van der Waals surface area contributed by atoms with Crippen LogP contribution >= 0.6 is 11.8 Å². The Morgan fingerprint density at radius 1 is 1.82 bits per heavy atom. The van der Waals surface area contributed by atoms with Crippen LogP contribution in [0.1, 0.15) is 6.92 Å². The Morgan fingerprint density at radius 3 is 3.00 bits per heavy atom. The van der Waals surface area contributed by atoms with Crippen LogP contribution in [0.15, 0.2) is 17.6 Å². The van der Waals surface area contributed by atoms with Crippen LogP contribution in [0.4, 0.5) is 0 Å². The molecule has 0 bridgehead atoms. The molecule has 1 unspecified atom stereocenters. The lowest BCUT2D eigenvalue weighted by Crippen LogP contribution is -2.13. The van der Waals surface area contributed by atoms with Crippen molar-refractivity contribution in [2.45, 2.75) is 17.3 Å². The van der Waals surface area contributed by atoms with Crippen LogP contribution in [-0.2, 0) is 7.05 Å². The van der Waals surface area contributed by atoms with E-state index in [0.29, 0.717) is 11.8 Å². The summed E-state index contributed by atoms with van der Waals surface area (Å²) in [6.07, 6.45) is 3.73. The second kappa shape index (κ2) is 3.78. The summed E-state index contributed by atoms with van der Waals surface area (Å²) in [4.78, 5) is 4.17. The molecule has 0 aromatic carbocycles. The van der Waals surface area contributed by atoms with Crippen LogP contribution in [0.2, 0.25) is 0 Å².